The van der Waals surface area contributed by atoms with Gasteiger partial charge in [0.1, 0.15) is 0 Å². The largest absolute Gasteiger partial charge is 0.351 e. The van der Waals surface area contributed by atoms with E-state index < -0.39 is 0 Å². The van der Waals surface area contributed by atoms with Crippen molar-refractivity contribution in [2.75, 3.05) is 6.54 Å². The van der Waals surface area contributed by atoms with E-state index in [1.165, 1.54) is 0 Å². The summed E-state index contributed by atoms with van der Waals surface area (Å²) in [7, 11) is 0. The van der Waals surface area contributed by atoms with Gasteiger partial charge in [-0.15, -0.1) is 0 Å². The van der Waals surface area contributed by atoms with Gasteiger partial charge in [-0.3, -0.25) is 9.78 Å². The van der Waals surface area contributed by atoms with Crippen molar-refractivity contribution in [3.8, 4) is 0 Å². The van der Waals surface area contributed by atoms with Gasteiger partial charge in [-0.25, -0.2) is 0 Å². The molecule has 0 aliphatic heterocycles. The van der Waals surface area contributed by atoms with Gasteiger partial charge in [0.15, 0.2) is 5.78 Å². The molecular formula is C9H8BrN3O. The third kappa shape index (κ3) is 1.56. The summed E-state index contributed by atoms with van der Waals surface area (Å²) in [6.45, 7) is 0.00793. The summed E-state index contributed by atoms with van der Waals surface area (Å²) < 4.78 is 0.874. The number of hydrogen-bond donors (Lipinski definition) is 2. The smallest absolute Gasteiger partial charge is 0.192 e. The van der Waals surface area contributed by atoms with E-state index in [1.54, 1.807) is 12.3 Å². The van der Waals surface area contributed by atoms with Crippen LogP contribution in [0.5, 0.6) is 0 Å². The zero-order valence-corrected chi connectivity index (χ0v) is 8.84. The number of nitrogens with two attached hydrogens (primary N) is 1. The van der Waals surface area contributed by atoms with Crippen molar-refractivity contribution in [3.05, 3.63) is 28.5 Å². The van der Waals surface area contributed by atoms with E-state index in [9.17, 15) is 4.79 Å². The van der Waals surface area contributed by atoms with Gasteiger partial charge >= 0.3 is 0 Å². The molecule has 0 aromatic carbocycles. The minimum atomic E-state index is -0.112. The number of nitrogens with one attached hydrogen (secondary N) is 1. The molecule has 0 saturated heterocycles. The number of H-pyrrole nitrogens is 1. The van der Waals surface area contributed by atoms with Crippen molar-refractivity contribution < 1.29 is 4.79 Å². The topological polar surface area (TPSA) is 71.8 Å². The number of fused-ring (bicyclic) bond motifs is 1. The van der Waals surface area contributed by atoms with Crippen molar-refractivity contribution >= 4 is 32.7 Å². The predicted octanol–water partition coefficient (Wildman–Crippen LogP) is 1.47. The molecule has 5 heteroatoms. The molecular weight excluding hydrogens is 246 g/mol. The van der Waals surface area contributed by atoms with Gasteiger partial charge < -0.3 is 10.7 Å². The van der Waals surface area contributed by atoms with E-state index in [0.29, 0.717) is 5.69 Å². The summed E-state index contributed by atoms with van der Waals surface area (Å²) >= 11 is 3.30. The third-order valence-corrected chi connectivity index (χ3v) is 2.36. The van der Waals surface area contributed by atoms with Crippen LogP contribution in [-0.2, 0) is 0 Å². The molecule has 0 spiro atoms. The van der Waals surface area contributed by atoms with E-state index >= 15 is 0 Å². The maximum atomic E-state index is 11.3. The van der Waals surface area contributed by atoms with Gasteiger partial charge in [-0.1, -0.05) is 0 Å². The Morgan fingerprint density at radius 2 is 2.36 bits per heavy atom. The second-order valence-corrected chi connectivity index (χ2v) is 3.81. The van der Waals surface area contributed by atoms with Crippen LogP contribution in [0, 0.1) is 0 Å². The zero-order valence-electron chi connectivity index (χ0n) is 7.25. The molecule has 0 aliphatic carbocycles. The Morgan fingerprint density at radius 1 is 1.57 bits per heavy atom. The number of hydrogen-bond acceptors (Lipinski definition) is 3. The fourth-order valence-electron chi connectivity index (χ4n) is 1.24. The molecule has 0 atom stereocenters. The first kappa shape index (κ1) is 9.36. The highest BCUT2D eigenvalue weighted by Crippen LogP contribution is 2.17. The molecule has 2 rings (SSSR count). The summed E-state index contributed by atoms with van der Waals surface area (Å²) in [5.74, 6) is -0.112. The number of carbonyl (C=O) groups is 1. The first-order chi connectivity index (χ1) is 6.70. The van der Waals surface area contributed by atoms with Gasteiger partial charge in [0.05, 0.1) is 23.3 Å². The summed E-state index contributed by atoms with van der Waals surface area (Å²) in [6, 6.07) is 3.58. The molecule has 0 radical (unpaired) electrons. The molecule has 72 valence electrons. The zero-order chi connectivity index (χ0) is 10.1. The average molecular weight is 254 g/mol. The Labute approximate surface area is 88.6 Å². The molecule has 0 unspecified atom stereocenters. The van der Waals surface area contributed by atoms with Crippen molar-refractivity contribution in [2.45, 2.75) is 0 Å². The summed E-state index contributed by atoms with van der Waals surface area (Å²) in [6.07, 6.45) is 1.69. The molecule has 3 N–H and O–H groups in total. The molecule has 4 nitrogen and oxygen atoms in total. The lowest BCUT2D eigenvalue weighted by molar-refractivity contribution is 0.0997. The number of nitrogens with zero attached hydrogens (tertiary/aromatic N) is 1. The summed E-state index contributed by atoms with van der Waals surface area (Å²) in [4.78, 5) is 18.4. The number of Topliss-reactive ketones (excluding diaryl/α,β-unsaturated/α-hetero) is 1. The number of aromatic nitrogens is 2. The van der Waals surface area contributed by atoms with Gasteiger partial charge in [0, 0.05) is 10.7 Å². The van der Waals surface area contributed by atoms with E-state index in [1.807, 2.05) is 6.07 Å². The van der Waals surface area contributed by atoms with Gasteiger partial charge in [0.25, 0.3) is 0 Å². The maximum absolute atomic E-state index is 11.3. The monoisotopic (exact) mass is 253 g/mol. The van der Waals surface area contributed by atoms with Crippen LogP contribution in [0.1, 0.15) is 10.5 Å². The van der Waals surface area contributed by atoms with Crippen LogP contribution >= 0.6 is 15.9 Å². The van der Waals surface area contributed by atoms with Crippen molar-refractivity contribution in [1.29, 1.82) is 0 Å². The first-order valence-corrected chi connectivity index (χ1v) is 4.87. The highest BCUT2D eigenvalue weighted by Gasteiger charge is 2.08. The Bertz CT molecular complexity index is 492. The van der Waals surface area contributed by atoms with Crippen LogP contribution in [0.25, 0.3) is 11.0 Å². The molecule has 2 aromatic rings. The molecule has 2 heterocycles. The molecule has 0 amide bonds. The van der Waals surface area contributed by atoms with E-state index in [2.05, 4.69) is 25.9 Å². The molecule has 0 saturated carbocycles. The van der Waals surface area contributed by atoms with E-state index in [0.717, 1.165) is 15.5 Å². The third-order valence-electron chi connectivity index (χ3n) is 1.92. The Kier molecular flexibility index (Phi) is 2.35. The van der Waals surface area contributed by atoms with Crippen LogP contribution in [0.4, 0.5) is 0 Å². The number of rotatable bonds is 2. The van der Waals surface area contributed by atoms with Crippen LogP contribution in [0.3, 0.4) is 0 Å². The highest BCUT2D eigenvalue weighted by molar-refractivity contribution is 9.10. The van der Waals surface area contributed by atoms with Crippen molar-refractivity contribution in [3.63, 3.8) is 0 Å². The van der Waals surface area contributed by atoms with Gasteiger partial charge in [-0.2, -0.15) is 0 Å². The fraction of sp³-hybridized carbons (Fsp3) is 0.111. The second-order valence-electron chi connectivity index (χ2n) is 2.90. The maximum Gasteiger partial charge on any atom is 0.192 e. The van der Waals surface area contributed by atoms with E-state index in [-0.39, 0.29) is 12.3 Å². The molecule has 14 heavy (non-hydrogen) atoms. The van der Waals surface area contributed by atoms with Crippen LogP contribution in [-0.4, -0.2) is 22.3 Å². The SMILES string of the molecule is NCC(=O)c1cc2ncc(Br)cc2[nH]1. The van der Waals surface area contributed by atoms with Crippen molar-refractivity contribution in [1.82, 2.24) is 9.97 Å². The first-order valence-electron chi connectivity index (χ1n) is 4.08. The normalized spacial score (nSPS) is 10.7. The van der Waals surface area contributed by atoms with Gasteiger partial charge in [-0.05, 0) is 28.1 Å². The number of aromatic amines is 1. The lowest BCUT2D eigenvalue weighted by Crippen LogP contribution is -2.13. The van der Waals surface area contributed by atoms with Gasteiger partial charge in [0.2, 0.25) is 0 Å². The number of pyridine rings is 1. The van der Waals surface area contributed by atoms with Crippen molar-refractivity contribution in [2.24, 2.45) is 5.73 Å². The average Bonchev–Trinajstić information content (AvgIpc) is 2.59. The standard InChI is InChI=1S/C9H8BrN3O/c10-5-1-7-6(12-4-5)2-8(13-7)9(14)3-11/h1-2,4,13H,3,11H2. The van der Waals surface area contributed by atoms with Crippen LogP contribution < -0.4 is 5.73 Å². The summed E-state index contributed by atoms with van der Waals surface area (Å²) in [5, 5.41) is 0. The quantitative estimate of drug-likeness (QED) is 0.797. The summed E-state index contributed by atoms with van der Waals surface area (Å²) in [5.41, 5.74) is 7.36. The molecule has 0 bridgehead atoms. The number of halogens is 1. The second kappa shape index (κ2) is 3.51. The van der Waals surface area contributed by atoms with Crippen LogP contribution in [0.2, 0.25) is 0 Å². The lowest BCUT2D eigenvalue weighted by atomic mass is 10.3. The Morgan fingerprint density at radius 3 is 3.07 bits per heavy atom. The minimum absolute atomic E-state index is 0.00793. The Balaban J connectivity index is 2.56. The molecule has 0 fully saturated rings. The number of carbonyl (C=O) groups excluding carboxylic acids is 1. The lowest BCUT2D eigenvalue weighted by Gasteiger charge is -1.90. The highest BCUT2D eigenvalue weighted by atomic mass is 79.9. The molecule has 2 aromatic heterocycles. The number of ketones is 1. The predicted molar refractivity (Wildman–Crippen MR) is 57.2 cm³/mol. The minimum Gasteiger partial charge on any atom is -0.351 e. The Hall–Kier alpha value is -1.20. The molecule has 0 aliphatic rings. The van der Waals surface area contributed by atoms with E-state index in [4.69, 9.17) is 5.73 Å². The van der Waals surface area contributed by atoms with Crippen LogP contribution in [0.15, 0.2) is 22.8 Å². The fourth-order valence-corrected chi connectivity index (χ4v) is 1.57.